The van der Waals surface area contributed by atoms with E-state index in [1.807, 2.05) is 4.90 Å². The van der Waals surface area contributed by atoms with Gasteiger partial charge in [-0.15, -0.1) is 0 Å². The van der Waals surface area contributed by atoms with E-state index >= 15 is 0 Å². The van der Waals surface area contributed by atoms with Crippen LogP contribution in [0.2, 0.25) is 0 Å². The molecule has 1 aromatic rings. The number of halogens is 1. The van der Waals surface area contributed by atoms with Crippen LogP contribution in [0.3, 0.4) is 0 Å². The Hall–Kier alpha value is -1.91. The van der Waals surface area contributed by atoms with Crippen LogP contribution in [0.1, 0.15) is 68.1 Å². The highest BCUT2D eigenvalue weighted by atomic mass is 19.1. The van der Waals surface area contributed by atoms with Gasteiger partial charge in [0.05, 0.1) is 0 Å². The monoisotopic (exact) mass is 349 g/mol. The summed E-state index contributed by atoms with van der Waals surface area (Å²) in [6.45, 7) is 1.38. The Kier molecular flexibility index (Phi) is 7.89. The highest BCUT2D eigenvalue weighted by Crippen LogP contribution is 2.25. The Morgan fingerprint density at radius 2 is 1.72 bits per heavy atom. The fraction of sp³-hybridized carbons (Fsp3) is 0.600. The smallest absolute Gasteiger partial charge is 0.303 e. The lowest BCUT2D eigenvalue weighted by Gasteiger charge is -2.30. The number of benzene rings is 1. The Balaban J connectivity index is 1.93. The van der Waals surface area contributed by atoms with Crippen molar-refractivity contribution < 1.29 is 19.1 Å². The molecule has 4 nitrogen and oxygen atoms in total. The number of aliphatic carboxylic acids is 1. The van der Waals surface area contributed by atoms with Gasteiger partial charge in [-0.1, -0.05) is 25.7 Å². The zero-order valence-corrected chi connectivity index (χ0v) is 14.8. The summed E-state index contributed by atoms with van der Waals surface area (Å²) in [5, 5.41) is 8.70. The Bertz CT molecular complexity index is 553. The first-order valence-electron chi connectivity index (χ1n) is 9.33. The fourth-order valence-corrected chi connectivity index (χ4v) is 3.49. The molecule has 0 spiro atoms. The van der Waals surface area contributed by atoms with Crippen molar-refractivity contribution in [3.8, 4) is 0 Å². The number of amides is 1. The predicted molar refractivity (Wildman–Crippen MR) is 95.0 cm³/mol. The average Bonchev–Trinajstić information content (AvgIpc) is 2.61. The van der Waals surface area contributed by atoms with E-state index in [2.05, 4.69) is 0 Å². The second-order valence-electron chi connectivity index (χ2n) is 6.97. The SMILES string of the molecule is O=C(O)CCCCCN(CC1CCCCC1)C(=O)c1ccc(F)cc1. The van der Waals surface area contributed by atoms with Crippen LogP contribution in [0.5, 0.6) is 0 Å². The zero-order valence-electron chi connectivity index (χ0n) is 14.8. The van der Waals surface area contributed by atoms with Crippen LogP contribution in [0, 0.1) is 11.7 Å². The van der Waals surface area contributed by atoms with E-state index < -0.39 is 5.97 Å². The molecule has 1 amide bonds. The van der Waals surface area contributed by atoms with Crippen molar-refractivity contribution in [1.82, 2.24) is 4.90 Å². The first-order chi connectivity index (χ1) is 12.1. The molecule has 25 heavy (non-hydrogen) atoms. The largest absolute Gasteiger partial charge is 0.481 e. The summed E-state index contributed by atoms with van der Waals surface area (Å²) in [5.41, 5.74) is 0.516. The van der Waals surface area contributed by atoms with Gasteiger partial charge in [-0.05, 0) is 55.9 Å². The van der Waals surface area contributed by atoms with Crippen molar-refractivity contribution in [2.24, 2.45) is 5.92 Å². The molecule has 1 aliphatic rings. The molecule has 0 atom stereocenters. The molecule has 1 aromatic carbocycles. The Morgan fingerprint density at radius 3 is 2.36 bits per heavy atom. The molecule has 1 aliphatic carbocycles. The summed E-state index contributed by atoms with van der Waals surface area (Å²) in [7, 11) is 0. The number of unbranched alkanes of at least 4 members (excludes halogenated alkanes) is 2. The topological polar surface area (TPSA) is 57.6 Å². The van der Waals surface area contributed by atoms with Gasteiger partial charge in [-0.3, -0.25) is 9.59 Å². The summed E-state index contributed by atoms with van der Waals surface area (Å²) in [5.74, 6) is -0.633. The van der Waals surface area contributed by atoms with Gasteiger partial charge >= 0.3 is 5.97 Å². The zero-order chi connectivity index (χ0) is 18.1. The summed E-state index contributed by atoms with van der Waals surface area (Å²) in [6.07, 6.45) is 8.45. The molecule has 1 N–H and O–H groups in total. The lowest BCUT2D eigenvalue weighted by atomic mass is 9.88. The second-order valence-corrected chi connectivity index (χ2v) is 6.97. The number of carboxylic acids is 1. The predicted octanol–water partition coefficient (Wildman–Crippen LogP) is 4.49. The molecular weight excluding hydrogens is 321 g/mol. The maximum atomic E-state index is 13.1. The minimum absolute atomic E-state index is 0.0520. The van der Waals surface area contributed by atoms with Gasteiger partial charge in [0.2, 0.25) is 0 Å². The molecule has 0 heterocycles. The van der Waals surface area contributed by atoms with Crippen molar-refractivity contribution in [2.45, 2.75) is 57.8 Å². The molecule has 1 saturated carbocycles. The molecule has 138 valence electrons. The highest BCUT2D eigenvalue weighted by Gasteiger charge is 2.21. The van der Waals surface area contributed by atoms with E-state index in [-0.39, 0.29) is 18.1 Å². The van der Waals surface area contributed by atoms with Crippen molar-refractivity contribution in [2.75, 3.05) is 13.1 Å². The molecule has 1 fully saturated rings. The summed E-state index contributed by atoms with van der Waals surface area (Å²) in [6, 6.07) is 5.71. The normalized spacial score (nSPS) is 15.1. The van der Waals surface area contributed by atoms with Crippen LogP contribution in [0.25, 0.3) is 0 Å². The van der Waals surface area contributed by atoms with Crippen molar-refractivity contribution in [3.63, 3.8) is 0 Å². The molecule has 2 rings (SSSR count). The summed E-state index contributed by atoms with van der Waals surface area (Å²) in [4.78, 5) is 25.3. The van der Waals surface area contributed by atoms with Crippen LogP contribution < -0.4 is 0 Å². The quantitative estimate of drug-likeness (QED) is 0.668. The molecular formula is C20H28FNO3. The maximum absolute atomic E-state index is 13.1. The molecule has 0 unspecified atom stereocenters. The standard InChI is InChI=1S/C20H28FNO3/c21-18-12-10-17(11-13-18)20(25)22(14-6-2-5-9-19(23)24)15-16-7-3-1-4-8-16/h10-13,16H,1-9,14-15H2,(H,23,24). The average molecular weight is 349 g/mol. The van der Waals surface area contributed by atoms with E-state index in [4.69, 9.17) is 5.11 Å². The number of hydrogen-bond donors (Lipinski definition) is 1. The van der Waals surface area contributed by atoms with Crippen molar-refractivity contribution >= 4 is 11.9 Å². The molecule has 0 bridgehead atoms. The van der Waals surface area contributed by atoms with Crippen LogP contribution >= 0.6 is 0 Å². The summed E-state index contributed by atoms with van der Waals surface area (Å²) >= 11 is 0. The first-order valence-corrected chi connectivity index (χ1v) is 9.33. The molecule has 0 aliphatic heterocycles. The lowest BCUT2D eigenvalue weighted by molar-refractivity contribution is -0.137. The van der Waals surface area contributed by atoms with Crippen LogP contribution in [0.15, 0.2) is 24.3 Å². The lowest BCUT2D eigenvalue weighted by Crippen LogP contribution is -2.36. The number of carbonyl (C=O) groups excluding carboxylic acids is 1. The highest BCUT2D eigenvalue weighted by molar-refractivity contribution is 5.94. The van der Waals surface area contributed by atoms with E-state index in [1.165, 1.54) is 43.5 Å². The van der Waals surface area contributed by atoms with Gasteiger partial charge in [-0.2, -0.15) is 0 Å². The maximum Gasteiger partial charge on any atom is 0.303 e. The number of nitrogens with zero attached hydrogens (tertiary/aromatic N) is 1. The number of carboxylic acid groups (broad SMARTS) is 1. The molecule has 0 aromatic heterocycles. The van der Waals surface area contributed by atoms with E-state index in [9.17, 15) is 14.0 Å². The Labute approximate surface area is 149 Å². The van der Waals surface area contributed by atoms with Crippen molar-refractivity contribution in [1.29, 1.82) is 0 Å². The van der Waals surface area contributed by atoms with E-state index in [1.54, 1.807) is 0 Å². The van der Waals surface area contributed by atoms with Crippen LogP contribution in [-0.4, -0.2) is 35.0 Å². The summed E-state index contributed by atoms with van der Waals surface area (Å²) < 4.78 is 13.1. The van der Waals surface area contributed by atoms with Gasteiger partial charge in [0.15, 0.2) is 0 Å². The fourth-order valence-electron chi connectivity index (χ4n) is 3.49. The first kappa shape index (κ1) is 19.4. The Morgan fingerprint density at radius 1 is 1.04 bits per heavy atom. The van der Waals surface area contributed by atoms with Gasteiger partial charge in [0.25, 0.3) is 5.91 Å². The molecule has 0 radical (unpaired) electrons. The van der Waals surface area contributed by atoms with Crippen molar-refractivity contribution in [3.05, 3.63) is 35.6 Å². The molecule has 5 heteroatoms. The third kappa shape index (κ3) is 6.85. The molecule has 0 saturated heterocycles. The minimum atomic E-state index is -0.776. The van der Waals surface area contributed by atoms with Crippen LogP contribution in [0.4, 0.5) is 4.39 Å². The van der Waals surface area contributed by atoms with Gasteiger partial charge in [0.1, 0.15) is 5.82 Å². The number of rotatable bonds is 9. The van der Waals surface area contributed by atoms with Gasteiger partial charge in [0, 0.05) is 25.1 Å². The number of carbonyl (C=O) groups is 2. The van der Waals surface area contributed by atoms with Gasteiger partial charge < -0.3 is 10.0 Å². The third-order valence-electron chi connectivity index (χ3n) is 4.90. The number of hydrogen-bond acceptors (Lipinski definition) is 2. The minimum Gasteiger partial charge on any atom is -0.481 e. The third-order valence-corrected chi connectivity index (χ3v) is 4.90. The van der Waals surface area contributed by atoms with Crippen LogP contribution in [-0.2, 0) is 4.79 Å². The van der Waals surface area contributed by atoms with Gasteiger partial charge in [-0.25, -0.2) is 4.39 Å². The second kappa shape index (κ2) is 10.2. The van der Waals surface area contributed by atoms with E-state index in [0.717, 1.165) is 32.2 Å². The van der Waals surface area contributed by atoms with E-state index in [0.29, 0.717) is 24.4 Å².